The second-order valence-electron chi connectivity index (χ2n) is 5.07. The van der Waals surface area contributed by atoms with Gasteiger partial charge >= 0.3 is 0 Å². The Kier molecular flexibility index (Phi) is 6.60. The number of aliphatic hydroxyl groups excluding tert-OH is 1. The molecule has 2 N–H and O–H groups in total. The van der Waals surface area contributed by atoms with Crippen molar-refractivity contribution in [3.8, 4) is 0 Å². The van der Waals surface area contributed by atoms with Gasteiger partial charge in [-0.15, -0.1) is 0 Å². The fourth-order valence-corrected chi connectivity index (χ4v) is 1.34. The van der Waals surface area contributed by atoms with Crippen molar-refractivity contribution in [1.82, 2.24) is 10.2 Å². The minimum absolute atomic E-state index is 0.0222. The fourth-order valence-electron chi connectivity index (χ4n) is 1.34. The lowest BCUT2D eigenvalue weighted by Gasteiger charge is -2.29. The average molecular weight is 230 g/mol. The Labute approximate surface area is 99.0 Å². The molecule has 4 heteroatoms. The SMILES string of the molecule is CCC(C)(C)NC(=O)CN(CCO)C(C)C. The second kappa shape index (κ2) is 6.86. The van der Waals surface area contributed by atoms with Gasteiger partial charge in [-0.25, -0.2) is 0 Å². The molecule has 0 saturated heterocycles. The highest BCUT2D eigenvalue weighted by atomic mass is 16.3. The fraction of sp³-hybridized carbons (Fsp3) is 0.917. The van der Waals surface area contributed by atoms with Crippen molar-refractivity contribution >= 4 is 5.91 Å². The molecule has 0 bridgehead atoms. The van der Waals surface area contributed by atoms with E-state index in [-0.39, 0.29) is 24.1 Å². The van der Waals surface area contributed by atoms with Gasteiger partial charge in [-0.05, 0) is 34.1 Å². The topological polar surface area (TPSA) is 52.6 Å². The molecule has 0 aliphatic rings. The number of nitrogens with one attached hydrogen (secondary N) is 1. The number of aliphatic hydroxyl groups is 1. The summed E-state index contributed by atoms with van der Waals surface area (Å²) >= 11 is 0. The molecule has 4 nitrogen and oxygen atoms in total. The van der Waals surface area contributed by atoms with Gasteiger partial charge in [-0.3, -0.25) is 9.69 Å². The highest BCUT2D eigenvalue weighted by Gasteiger charge is 2.20. The molecule has 0 atom stereocenters. The number of carbonyl (C=O) groups is 1. The van der Waals surface area contributed by atoms with E-state index in [9.17, 15) is 4.79 Å². The molecule has 0 rings (SSSR count). The van der Waals surface area contributed by atoms with Crippen molar-refractivity contribution in [2.45, 2.75) is 52.6 Å². The van der Waals surface area contributed by atoms with Gasteiger partial charge < -0.3 is 10.4 Å². The van der Waals surface area contributed by atoms with Gasteiger partial charge in [0, 0.05) is 18.1 Å². The summed E-state index contributed by atoms with van der Waals surface area (Å²) < 4.78 is 0. The van der Waals surface area contributed by atoms with Crippen molar-refractivity contribution in [3.05, 3.63) is 0 Å². The summed E-state index contributed by atoms with van der Waals surface area (Å²) in [5.41, 5.74) is -0.154. The number of rotatable bonds is 7. The molecule has 0 saturated carbocycles. The number of nitrogens with zero attached hydrogens (tertiary/aromatic N) is 1. The second-order valence-corrected chi connectivity index (χ2v) is 5.07. The minimum atomic E-state index is -0.154. The Morgan fingerprint density at radius 3 is 2.38 bits per heavy atom. The molecule has 0 heterocycles. The first-order valence-corrected chi connectivity index (χ1v) is 5.98. The summed E-state index contributed by atoms with van der Waals surface area (Å²) in [5.74, 6) is 0.0222. The third kappa shape index (κ3) is 6.08. The van der Waals surface area contributed by atoms with Gasteiger partial charge in [0.2, 0.25) is 5.91 Å². The lowest BCUT2D eigenvalue weighted by Crippen LogP contribution is -2.49. The van der Waals surface area contributed by atoms with Crippen LogP contribution in [0, 0.1) is 0 Å². The normalized spacial score (nSPS) is 12.2. The lowest BCUT2D eigenvalue weighted by atomic mass is 10.0. The Bertz CT molecular complexity index is 215. The lowest BCUT2D eigenvalue weighted by molar-refractivity contribution is -0.124. The van der Waals surface area contributed by atoms with Crippen molar-refractivity contribution < 1.29 is 9.90 Å². The highest BCUT2D eigenvalue weighted by molar-refractivity contribution is 5.78. The van der Waals surface area contributed by atoms with Crippen LogP contribution in [0.25, 0.3) is 0 Å². The highest BCUT2D eigenvalue weighted by Crippen LogP contribution is 2.07. The van der Waals surface area contributed by atoms with E-state index in [1.54, 1.807) is 0 Å². The van der Waals surface area contributed by atoms with E-state index in [0.717, 1.165) is 6.42 Å². The van der Waals surface area contributed by atoms with Crippen molar-refractivity contribution in [2.24, 2.45) is 0 Å². The van der Waals surface area contributed by atoms with Crippen LogP contribution in [0.2, 0.25) is 0 Å². The van der Waals surface area contributed by atoms with E-state index in [1.165, 1.54) is 0 Å². The summed E-state index contributed by atoms with van der Waals surface area (Å²) in [6.45, 7) is 11.1. The number of carbonyl (C=O) groups excluding carboxylic acids is 1. The van der Waals surface area contributed by atoms with Gasteiger partial charge in [-0.1, -0.05) is 6.92 Å². The summed E-state index contributed by atoms with van der Waals surface area (Å²) in [6, 6.07) is 0.266. The third-order valence-corrected chi connectivity index (χ3v) is 2.83. The minimum Gasteiger partial charge on any atom is -0.395 e. The first kappa shape index (κ1) is 15.4. The van der Waals surface area contributed by atoms with Gasteiger partial charge in [0.25, 0.3) is 0 Å². The van der Waals surface area contributed by atoms with Crippen LogP contribution in [-0.4, -0.2) is 47.2 Å². The Morgan fingerprint density at radius 1 is 1.44 bits per heavy atom. The molecule has 0 aromatic carbocycles. The van der Waals surface area contributed by atoms with Crippen molar-refractivity contribution in [2.75, 3.05) is 19.7 Å². The van der Waals surface area contributed by atoms with E-state index in [0.29, 0.717) is 13.1 Å². The van der Waals surface area contributed by atoms with E-state index in [4.69, 9.17) is 5.11 Å². The Balaban J connectivity index is 4.20. The Morgan fingerprint density at radius 2 is 2.00 bits per heavy atom. The average Bonchev–Trinajstić information content (AvgIpc) is 2.16. The van der Waals surface area contributed by atoms with Crippen LogP contribution in [0.15, 0.2) is 0 Å². The third-order valence-electron chi connectivity index (χ3n) is 2.83. The molecular weight excluding hydrogens is 204 g/mol. The molecule has 0 aliphatic carbocycles. The maximum atomic E-state index is 11.8. The van der Waals surface area contributed by atoms with Gasteiger partial charge in [-0.2, -0.15) is 0 Å². The zero-order valence-corrected chi connectivity index (χ0v) is 11.2. The maximum Gasteiger partial charge on any atom is 0.234 e. The monoisotopic (exact) mass is 230 g/mol. The number of amides is 1. The molecule has 0 fully saturated rings. The zero-order chi connectivity index (χ0) is 12.8. The zero-order valence-electron chi connectivity index (χ0n) is 11.2. The summed E-state index contributed by atoms with van der Waals surface area (Å²) in [7, 11) is 0. The number of hydrogen-bond acceptors (Lipinski definition) is 3. The smallest absolute Gasteiger partial charge is 0.234 e. The van der Waals surface area contributed by atoms with Gasteiger partial charge in [0.1, 0.15) is 0 Å². The molecular formula is C12H26N2O2. The molecule has 0 radical (unpaired) electrons. The quantitative estimate of drug-likeness (QED) is 0.686. The van der Waals surface area contributed by atoms with Crippen LogP contribution in [0.5, 0.6) is 0 Å². The van der Waals surface area contributed by atoms with Crippen molar-refractivity contribution in [3.63, 3.8) is 0 Å². The predicted molar refractivity (Wildman–Crippen MR) is 66.3 cm³/mol. The van der Waals surface area contributed by atoms with E-state index in [1.807, 2.05) is 39.5 Å². The molecule has 1 amide bonds. The van der Waals surface area contributed by atoms with Crippen LogP contribution in [0.4, 0.5) is 0 Å². The molecule has 0 unspecified atom stereocenters. The predicted octanol–water partition coefficient (Wildman–Crippen LogP) is 0.994. The molecule has 16 heavy (non-hydrogen) atoms. The van der Waals surface area contributed by atoms with E-state index < -0.39 is 0 Å². The summed E-state index contributed by atoms with van der Waals surface area (Å²) in [6.07, 6.45) is 0.903. The summed E-state index contributed by atoms with van der Waals surface area (Å²) in [5, 5.41) is 11.9. The van der Waals surface area contributed by atoms with Crippen LogP contribution in [0.3, 0.4) is 0 Å². The summed E-state index contributed by atoms with van der Waals surface area (Å²) in [4.78, 5) is 13.7. The molecule has 0 aliphatic heterocycles. The van der Waals surface area contributed by atoms with Crippen LogP contribution in [-0.2, 0) is 4.79 Å². The van der Waals surface area contributed by atoms with Crippen LogP contribution < -0.4 is 5.32 Å². The van der Waals surface area contributed by atoms with E-state index in [2.05, 4.69) is 5.32 Å². The first-order chi connectivity index (χ1) is 7.32. The Hall–Kier alpha value is -0.610. The number of hydrogen-bond donors (Lipinski definition) is 2. The van der Waals surface area contributed by atoms with Crippen LogP contribution >= 0.6 is 0 Å². The molecule has 0 spiro atoms. The van der Waals surface area contributed by atoms with Gasteiger partial charge in [0.15, 0.2) is 0 Å². The molecule has 0 aromatic rings. The largest absolute Gasteiger partial charge is 0.395 e. The van der Waals surface area contributed by atoms with E-state index >= 15 is 0 Å². The maximum absolute atomic E-state index is 11.8. The van der Waals surface area contributed by atoms with Gasteiger partial charge in [0.05, 0.1) is 13.2 Å². The standard InChI is InChI=1S/C12H26N2O2/c1-6-12(4,5)13-11(16)9-14(7-8-15)10(2)3/h10,15H,6-9H2,1-5H3,(H,13,16). The molecule has 96 valence electrons. The molecule has 0 aromatic heterocycles. The van der Waals surface area contributed by atoms with Crippen LogP contribution in [0.1, 0.15) is 41.0 Å². The van der Waals surface area contributed by atoms with Crippen molar-refractivity contribution in [1.29, 1.82) is 0 Å². The first-order valence-electron chi connectivity index (χ1n) is 5.98.